The van der Waals surface area contributed by atoms with E-state index in [9.17, 15) is 24.5 Å². The molecule has 1 aliphatic heterocycles. The van der Waals surface area contributed by atoms with Gasteiger partial charge < -0.3 is 25.0 Å². The average Bonchev–Trinajstić information content (AvgIpc) is 2.86. The van der Waals surface area contributed by atoms with Gasteiger partial charge in [-0.3, -0.25) is 9.36 Å². The number of aliphatic hydroxyl groups is 3. The Balaban J connectivity index is 1.92. The standard InChI is InChI=1S/C12H9FN4O5/c1-2-10(20)9(22-12(13)8(19)11(10,12)21)17-4-16-5-6(17)14-3-15-7(5)18/h1,3-4,8-9,19-21H,(H,14,15,18)/t8?,9-,10+,11+,12-/m1/s1. The molecule has 1 saturated carbocycles. The number of aromatic nitrogens is 4. The third kappa shape index (κ3) is 1.11. The number of rotatable bonds is 1. The second kappa shape index (κ2) is 3.53. The molecule has 10 heteroatoms. The van der Waals surface area contributed by atoms with Crippen LogP contribution in [-0.4, -0.2) is 58.0 Å². The van der Waals surface area contributed by atoms with Crippen molar-refractivity contribution in [1.29, 1.82) is 0 Å². The van der Waals surface area contributed by atoms with Crippen molar-refractivity contribution in [3.05, 3.63) is 23.0 Å². The summed E-state index contributed by atoms with van der Waals surface area (Å²) in [6, 6.07) is 0. The summed E-state index contributed by atoms with van der Waals surface area (Å²) in [5.74, 6) is -1.04. The van der Waals surface area contributed by atoms with Gasteiger partial charge >= 0.3 is 0 Å². The van der Waals surface area contributed by atoms with E-state index in [1.165, 1.54) is 0 Å². The number of imidazole rings is 1. The molecule has 0 bridgehead atoms. The summed E-state index contributed by atoms with van der Waals surface area (Å²) in [7, 11) is 0. The van der Waals surface area contributed by atoms with Crippen LogP contribution in [0, 0.1) is 12.3 Å². The number of terminal acetylenes is 1. The van der Waals surface area contributed by atoms with Crippen LogP contribution in [0.1, 0.15) is 6.23 Å². The van der Waals surface area contributed by atoms with Crippen LogP contribution in [0.3, 0.4) is 0 Å². The molecular formula is C12H9FN4O5. The molecule has 2 aliphatic rings. The molecule has 1 unspecified atom stereocenters. The largest absolute Gasteiger partial charge is 0.384 e. The summed E-state index contributed by atoms with van der Waals surface area (Å²) in [6.45, 7) is 0. The number of hydrogen-bond donors (Lipinski definition) is 4. The maximum Gasteiger partial charge on any atom is 0.278 e. The minimum atomic E-state index is -2.91. The average molecular weight is 308 g/mol. The molecule has 2 fully saturated rings. The first-order valence-electron chi connectivity index (χ1n) is 6.19. The predicted octanol–water partition coefficient (Wildman–Crippen LogP) is -2.22. The summed E-state index contributed by atoms with van der Waals surface area (Å²) in [5.41, 5.74) is -5.89. The molecule has 3 heterocycles. The highest BCUT2D eigenvalue weighted by molar-refractivity contribution is 5.69. The van der Waals surface area contributed by atoms with E-state index in [0.29, 0.717) is 0 Å². The second-order valence-corrected chi connectivity index (χ2v) is 5.25. The normalized spacial score (nSPS) is 43.0. The molecule has 1 aliphatic carbocycles. The third-order valence-corrected chi connectivity index (χ3v) is 4.24. The summed E-state index contributed by atoms with van der Waals surface area (Å²) >= 11 is 0. The van der Waals surface area contributed by atoms with Crippen molar-refractivity contribution >= 4 is 11.2 Å². The van der Waals surface area contributed by atoms with Crippen molar-refractivity contribution in [3.63, 3.8) is 0 Å². The molecule has 0 amide bonds. The van der Waals surface area contributed by atoms with Gasteiger partial charge in [0.2, 0.25) is 11.2 Å². The molecule has 4 rings (SSSR count). The summed E-state index contributed by atoms with van der Waals surface area (Å²) < 4.78 is 20.3. The molecule has 5 atom stereocenters. The highest BCUT2D eigenvalue weighted by Crippen LogP contribution is 2.67. The van der Waals surface area contributed by atoms with Crippen LogP contribution < -0.4 is 5.56 Å². The second-order valence-electron chi connectivity index (χ2n) is 5.25. The highest BCUT2D eigenvalue weighted by Gasteiger charge is 2.95. The van der Waals surface area contributed by atoms with Gasteiger partial charge in [0.15, 0.2) is 23.5 Å². The topological polar surface area (TPSA) is 133 Å². The van der Waals surface area contributed by atoms with E-state index in [-0.39, 0.29) is 11.2 Å². The molecule has 9 nitrogen and oxygen atoms in total. The van der Waals surface area contributed by atoms with Crippen LogP contribution in [0.5, 0.6) is 0 Å². The Kier molecular flexibility index (Phi) is 2.14. The third-order valence-electron chi connectivity index (χ3n) is 4.24. The Labute approximate surface area is 121 Å². The maximum absolute atomic E-state index is 14.4. The number of nitrogens with zero attached hydrogens (tertiary/aromatic N) is 3. The van der Waals surface area contributed by atoms with E-state index in [4.69, 9.17) is 11.2 Å². The van der Waals surface area contributed by atoms with E-state index >= 15 is 0 Å². The van der Waals surface area contributed by atoms with Crippen molar-refractivity contribution in [1.82, 2.24) is 19.5 Å². The van der Waals surface area contributed by atoms with Crippen LogP contribution >= 0.6 is 0 Å². The minimum absolute atomic E-state index is 0.0228. The van der Waals surface area contributed by atoms with Gasteiger partial charge in [-0.1, -0.05) is 5.92 Å². The van der Waals surface area contributed by atoms with Crippen LogP contribution in [-0.2, 0) is 4.74 Å². The number of halogens is 1. The minimum Gasteiger partial charge on any atom is -0.384 e. The fourth-order valence-electron chi connectivity index (χ4n) is 2.91. The summed E-state index contributed by atoms with van der Waals surface area (Å²) in [4.78, 5) is 21.6. The predicted molar refractivity (Wildman–Crippen MR) is 66.8 cm³/mol. The van der Waals surface area contributed by atoms with Crippen molar-refractivity contribution in [2.75, 3.05) is 0 Å². The molecule has 114 valence electrons. The van der Waals surface area contributed by atoms with Crippen LogP contribution in [0.4, 0.5) is 4.39 Å². The van der Waals surface area contributed by atoms with E-state index in [1.54, 1.807) is 0 Å². The lowest BCUT2D eigenvalue weighted by Crippen LogP contribution is -2.50. The summed E-state index contributed by atoms with van der Waals surface area (Å²) in [5, 5.41) is 30.1. The molecule has 4 N–H and O–H groups in total. The highest BCUT2D eigenvalue weighted by atomic mass is 19.2. The number of ether oxygens (including phenoxy) is 1. The number of aromatic amines is 1. The van der Waals surface area contributed by atoms with Gasteiger partial charge in [0.05, 0.1) is 12.7 Å². The first kappa shape index (κ1) is 13.4. The van der Waals surface area contributed by atoms with E-state index in [0.717, 1.165) is 17.2 Å². The van der Waals surface area contributed by atoms with E-state index in [2.05, 4.69) is 15.0 Å². The van der Waals surface area contributed by atoms with Crippen molar-refractivity contribution in [2.45, 2.75) is 29.4 Å². The Morgan fingerprint density at radius 3 is 2.91 bits per heavy atom. The number of fused-ring (bicyclic) bond motifs is 2. The monoisotopic (exact) mass is 308 g/mol. The Bertz CT molecular complexity index is 905. The number of alkyl halides is 1. The molecule has 2 aromatic heterocycles. The lowest BCUT2D eigenvalue weighted by atomic mass is 9.93. The van der Waals surface area contributed by atoms with Gasteiger partial charge in [0.25, 0.3) is 11.4 Å². The fraction of sp³-hybridized carbons (Fsp3) is 0.417. The zero-order valence-corrected chi connectivity index (χ0v) is 10.8. The van der Waals surface area contributed by atoms with Crippen LogP contribution in [0.15, 0.2) is 17.4 Å². The van der Waals surface area contributed by atoms with Gasteiger partial charge in [-0.15, -0.1) is 6.42 Å². The van der Waals surface area contributed by atoms with E-state index in [1.807, 2.05) is 5.92 Å². The van der Waals surface area contributed by atoms with Gasteiger partial charge in [-0.25, -0.2) is 14.4 Å². The summed E-state index contributed by atoms with van der Waals surface area (Å²) in [6.07, 6.45) is 3.78. The van der Waals surface area contributed by atoms with Gasteiger partial charge in [0.1, 0.15) is 0 Å². The lowest BCUT2D eigenvalue weighted by Gasteiger charge is -2.30. The van der Waals surface area contributed by atoms with Crippen molar-refractivity contribution in [3.8, 4) is 12.3 Å². The molecule has 2 aromatic rings. The molecule has 22 heavy (non-hydrogen) atoms. The maximum atomic E-state index is 14.4. The smallest absolute Gasteiger partial charge is 0.278 e. The number of nitrogens with one attached hydrogen (secondary N) is 1. The van der Waals surface area contributed by atoms with Gasteiger partial charge in [-0.05, 0) is 0 Å². The van der Waals surface area contributed by atoms with Crippen molar-refractivity contribution in [2.24, 2.45) is 0 Å². The Hall–Kier alpha value is -2.32. The molecule has 0 aromatic carbocycles. The number of hydrogen-bond acceptors (Lipinski definition) is 7. The zero-order valence-electron chi connectivity index (χ0n) is 10.8. The number of aliphatic hydroxyl groups excluding tert-OH is 1. The van der Waals surface area contributed by atoms with Crippen LogP contribution in [0.2, 0.25) is 0 Å². The van der Waals surface area contributed by atoms with E-state index < -0.39 is 34.9 Å². The number of H-pyrrole nitrogens is 1. The molecule has 0 radical (unpaired) electrons. The van der Waals surface area contributed by atoms with Gasteiger partial charge in [-0.2, -0.15) is 0 Å². The SMILES string of the molecule is C#C[C@]1(O)[C@H](n2cnc3c(=O)[nH]cnc32)O[C@]2(F)C(O)[C@@]21O. The first-order chi connectivity index (χ1) is 10.3. The Morgan fingerprint density at radius 2 is 2.23 bits per heavy atom. The van der Waals surface area contributed by atoms with Crippen molar-refractivity contribution < 1.29 is 24.4 Å². The molecule has 1 saturated heterocycles. The zero-order chi connectivity index (χ0) is 15.9. The first-order valence-corrected chi connectivity index (χ1v) is 6.19. The molecular weight excluding hydrogens is 299 g/mol. The quantitative estimate of drug-likeness (QED) is 0.439. The lowest BCUT2D eigenvalue weighted by molar-refractivity contribution is -0.167. The fourth-order valence-corrected chi connectivity index (χ4v) is 2.91. The van der Waals surface area contributed by atoms with Crippen LogP contribution in [0.25, 0.3) is 11.2 Å². The molecule has 0 spiro atoms. The Morgan fingerprint density at radius 1 is 1.50 bits per heavy atom. The van der Waals surface area contributed by atoms with Gasteiger partial charge in [0, 0.05) is 0 Å².